The van der Waals surface area contributed by atoms with Gasteiger partial charge in [-0.05, 0) is 60.0 Å². The molecule has 1 fully saturated rings. The Bertz CT molecular complexity index is 1680. The van der Waals surface area contributed by atoms with E-state index >= 15 is 0 Å². The third-order valence-corrected chi connectivity index (χ3v) is 6.72. The molecule has 0 saturated carbocycles. The number of aliphatic hydroxyl groups excluding tert-OH is 1. The number of hydrogen-bond acceptors (Lipinski definition) is 4. The highest BCUT2D eigenvalue weighted by Crippen LogP contribution is 2.33. The summed E-state index contributed by atoms with van der Waals surface area (Å²) < 4.78 is 32.0. The van der Waals surface area contributed by atoms with Gasteiger partial charge in [-0.3, -0.25) is 9.08 Å². The van der Waals surface area contributed by atoms with Crippen LogP contribution < -0.4 is 5.32 Å². The van der Waals surface area contributed by atoms with E-state index in [1.54, 1.807) is 35.3 Å². The molecule has 2 aromatic carbocycles. The quantitative estimate of drug-likeness (QED) is 0.356. The van der Waals surface area contributed by atoms with Gasteiger partial charge in [0.05, 0.1) is 24.2 Å². The van der Waals surface area contributed by atoms with E-state index in [1.807, 2.05) is 36.0 Å². The van der Waals surface area contributed by atoms with E-state index < -0.39 is 17.7 Å². The highest BCUT2D eigenvalue weighted by atomic mass is 19.1. The van der Waals surface area contributed by atoms with Crippen molar-refractivity contribution in [3.8, 4) is 33.5 Å². The number of imidazole rings is 1. The van der Waals surface area contributed by atoms with Crippen LogP contribution in [0.2, 0.25) is 0 Å². The number of aromatic nitrogens is 4. The predicted molar refractivity (Wildman–Crippen MR) is 139 cm³/mol. The minimum Gasteiger partial charge on any atom is -0.391 e. The standard InChI is InChI=1S/C28H24F2N6O2/c1-34-15-20(13-32-34)17-4-7-36-26(14-31-27(36)11-17)19-8-18(24-3-2-21(29)12-25(24)30)9-22(10-19)33-28(38)35-6-5-23(37)16-35/h2-4,7-15,23,37H,5-6,16H2,1H3,(H,33,38). The van der Waals surface area contributed by atoms with Gasteiger partial charge in [0, 0.05) is 61.0 Å². The first-order valence-electron chi connectivity index (χ1n) is 12.1. The van der Waals surface area contributed by atoms with Crippen molar-refractivity contribution in [3.63, 3.8) is 0 Å². The van der Waals surface area contributed by atoms with E-state index in [-0.39, 0.29) is 18.1 Å². The number of rotatable bonds is 4. The van der Waals surface area contributed by atoms with Crippen LogP contribution in [0.3, 0.4) is 0 Å². The van der Waals surface area contributed by atoms with E-state index in [1.165, 1.54) is 17.0 Å². The predicted octanol–water partition coefficient (Wildman–Crippen LogP) is 4.95. The Balaban J connectivity index is 1.42. The van der Waals surface area contributed by atoms with Crippen LogP contribution in [0.15, 0.2) is 73.3 Å². The molecule has 1 aliphatic rings. The summed E-state index contributed by atoms with van der Waals surface area (Å²) in [7, 11) is 1.86. The van der Waals surface area contributed by atoms with Crippen LogP contribution in [0.4, 0.5) is 19.3 Å². The number of nitrogens with one attached hydrogen (secondary N) is 1. The average Bonchev–Trinajstić information content (AvgIpc) is 3.63. The number of halogens is 2. The van der Waals surface area contributed by atoms with E-state index in [2.05, 4.69) is 15.4 Å². The number of hydrogen-bond donors (Lipinski definition) is 2. The molecule has 4 heterocycles. The Morgan fingerprint density at radius 2 is 1.87 bits per heavy atom. The summed E-state index contributed by atoms with van der Waals surface area (Å²) in [4.78, 5) is 19.0. The molecule has 10 heteroatoms. The van der Waals surface area contributed by atoms with Gasteiger partial charge in [-0.15, -0.1) is 0 Å². The molecule has 38 heavy (non-hydrogen) atoms. The molecule has 0 aliphatic carbocycles. The van der Waals surface area contributed by atoms with Gasteiger partial charge in [0.15, 0.2) is 0 Å². The molecule has 0 spiro atoms. The van der Waals surface area contributed by atoms with Crippen molar-refractivity contribution in [1.29, 1.82) is 0 Å². The number of urea groups is 1. The zero-order valence-electron chi connectivity index (χ0n) is 20.5. The van der Waals surface area contributed by atoms with Crippen molar-refractivity contribution < 1.29 is 18.7 Å². The second-order valence-corrected chi connectivity index (χ2v) is 9.43. The smallest absolute Gasteiger partial charge is 0.321 e. The number of nitrogens with zero attached hydrogens (tertiary/aromatic N) is 5. The van der Waals surface area contributed by atoms with Gasteiger partial charge >= 0.3 is 6.03 Å². The highest BCUT2D eigenvalue weighted by molar-refractivity contribution is 5.92. The summed E-state index contributed by atoms with van der Waals surface area (Å²) in [5, 5.41) is 16.9. The van der Waals surface area contributed by atoms with Crippen LogP contribution in [-0.2, 0) is 7.05 Å². The fourth-order valence-electron chi connectivity index (χ4n) is 4.80. The number of likely N-dealkylation sites (tertiary alicyclic amines) is 1. The van der Waals surface area contributed by atoms with Gasteiger partial charge in [-0.1, -0.05) is 0 Å². The largest absolute Gasteiger partial charge is 0.391 e. The molecule has 192 valence electrons. The number of pyridine rings is 1. The third-order valence-electron chi connectivity index (χ3n) is 6.72. The van der Waals surface area contributed by atoms with Gasteiger partial charge in [-0.2, -0.15) is 5.10 Å². The number of amides is 2. The maximum absolute atomic E-state index is 14.8. The normalized spacial score (nSPS) is 15.4. The number of anilines is 1. The number of carbonyl (C=O) groups excluding carboxylic acids is 1. The number of aliphatic hydroxyl groups is 1. The third kappa shape index (κ3) is 4.50. The van der Waals surface area contributed by atoms with Gasteiger partial charge < -0.3 is 15.3 Å². The Kier molecular flexibility index (Phi) is 5.88. The summed E-state index contributed by atoms with van der Waals surface area (Å²) in [5.74, 6) is -1.38. The minimum atomic E-state index is -0.707. The first kappa shape index (κ1) is 23.8. The first-order chi connectivity index (χ1) is 18.3. The fourth-order valence-corrected chi connectivity index (χ4v) is 4.80. The van der Waals surface area contributed by atoms with E-state index in [0.29, 0.717) is 35.4 Å². The van der Waals surface area contributed by atoms with E-state index in [9.17, 15) is 18.7 Å². The molecule has 2 amide bonds. The Morgan fingerprint density at radius 3 is 2.61 bits per heavy atom. The SMILES string of the molecule is Cn1cc(-c2ccn3c(-c4cc(NC(=O)N5CCC(O)C5)cc(-c5ccc(F)cc5F)c4)cnc3c2)cn1. The number of β-amino-alcohol motifs (C(OH)–C–C–N with tert-alkyl or cyclic N) is 1. The maximum Gasteiger partial charge on any atom is 0.321 e. The lowest BCUT2D eigenvalue weighted by Crippen LogP contribution is -2.33. The first-order valence-corrected chi connectivity index (χ1v) is 12.1. The van der Waals surface area contributed by atoms with Gasteiger partial charge in [-0.25, -0.2) is 18.6 Å². The Morgan fingerprint density at radius 1 is 1.03 bits per heavy atom. The van der Waals surface area contributed by atoms with Crippen molar-refractivity contribution in [2.75, 3.05) is 18.4 Å². The number of fused-ring (bicyclic) bond motifs is 1. The van der Waals surface area contributed by atoms with Crippen LogP contribution >= 0.6 is 0 Å². The van der Waals surface area contributed by atoms with E-state index in [0.717, 1.165) is 22.9 Å². The lowest BCUT2D eigenvalue weighted by atomic mass is 10.00. The summed E-state index contributed by atoms with van der Waals surface area (Å²) >= 11 is 0. The molecule has 1 unspecified atom stereocenters. The van der Waals surface area contributed by atoms with Crippen molar-refractivity contribution in [1.82, 2.24) is 24.1 Å². The lowest BCUT2D eigenvalue weighted by Gasteiger charge is -2.18. The summed E-state index contributed by atoms with van der Waals surface area (Å²) in [6, 6.07) is 12.2. The minimum absolute atomic E-state index is 0.202. The van der Waals surface area contributed by atoms with Crippen LogP contribution in [0.1, 0.15) is 6.42 Å². The Hall–Kier alpha value is -4.57. The molecular formula is C28H24F2N6O2. The molecule has 0 bridgehead atoms. The molecule has 5 aromatic rings. The van der Waals surface area contributed by atoms with Gasteiger partial charge in [0.25, 0.3) is 0 Å². The molecule has 2 N–H and O–H groups in total. The Labute approximate surface area is 216 Å². The zero-order chi connectivity index (χ0) is 26.4. The van der Waals surface area contributed by atoms with Crippen LogP contribution in [0.5, 0.6) is 0 Å². The molecule has 1 aliphatic heterocycles. The zero-order valence-corrected chi connectivity index (χ0v) is 20.5. The van der Waals surface area contributed by atoms with Crippen LogP contribution in [0.25, 0.3) is 39.2 Å². The summed E-state index contributed by atoms with van der Waals surface area (Å²) in [5.41, 5.74) is 5.16. The monoisotopic (exact) mass is 514 g/mol. The van der Waals surface area contributed by atoms with Crippen molar-refractivity contribution >= 4 is 17.4 Å². The van der Waals surface area contributed by atoms with Crippen molar-refractivity contribution in [3.05, 3.63) is 85.0 Å². The average molecular weight is 515 g/mol. The fraction of sp³-hybridized carbons (Fsp3) is 0.179. The van der Waals surface area contributed by atoms with Crippen molar-refractivity contribution in [2.24, 2.45) is 7.05 Å². The molecule has 3 aromatic heterocycles. The maximum atomic E-state index is 14.8. The number of aryl methyl sites for hydroxylation is 1. The van der Waals surface area contributed by atoms with Gasteiger partial charge in [0.1, 0.15) is 17.3 Å². The molecule has 0 radical (unpaired) electrons. The summed E-state index contributed by atoms with van der Waals surface area (Å²) in [6.07, 6.45) is 7.28. The second kappa shape index (κ2) is 9.38. The summed E-state index contributed by atoms with van der Waals surface area (Å²) in [6.45, 7) is 0.691. The van der Waals surface area contributed by atoms with Crippen molar-refractivity contribution in [2.45, 2.75) is 12.5 Å². The molecule has 8 nitrogen and oxygen atoms in total. The molecule has 1 atom stereocenters. The van der Waals surface area contributed by atoms with Crippen LogP contribution in [-0.4, -0.2) is 54.4 Å². The highest BCUT2D eigenvalue weighted by Gasteiger charge is 2.25. The molecule has 1 saturated heterocycles. The number of benzene rings is 2. The van der Waals surface area contributed by atoms with E-state index in [4.69, 9.17) is 0 Å². The molecular weight excluding hydrogens is 490 g/mol. The number of carbonyl (C=O) groups is 1. The van der Waals surface area contributed by atoms with Gasteiger partial charge in [0.2, 0.25) is 0 Å². The topological polar surface area (TPSA) is 87.7 Å². The molecule has 6 rings (SSSR count). The lowest BCUT2D eigenvalue weighted by molar-refractivity contribution is 0.176. The van der Waals surface area contributed by atoms with Crippen LogP contribution in [0, 0.1) is 11.6 Å². The second-order valence-electron chi connectivity index (χ2n) is 9.43.